The summed E-state index contributed by atoms with van der Waals surface area (Å²) in [6.07, 6.45) is 0. The fourth-order valence-electron chi connectivity index (χ4n) is 6.39. The minimum Gasteiger partial charge on any atom is -0.325 e. The summed E-state index contributed by atoms with van der Waals surface area (Å²) < 4.78 is 1.39. The van der Waals surface area contributed by atoms with E-state index in [2.05, 4.69) is 26.1 Å². The van der Waals surface area contributed by atoms with E-state index in [9.17, 15) is 29.3 Å². The number of imide groups is 1. The highest BCUT2D eigenvalue weighted by Crippen LogP contribution is 2.54. The number of thioether (sulfide) groups is 1. The first-order chi connectivity index (χ1) is 22.9. The van der Waals surface area contributed by atoms with Crippen LogP contribution < -0.4 is 15.1 Å². The molecule has 3 amide bonds. The molecule has 0 aliphatic carbocycles. The molecule has 1 N–H and O–H groups in total. The molecule has 2 aliphatic heterocycles. The second-order valence-electron chi connectivity index (χ2n) is 12.9. The predicted octanol–water partition coefficient (Wildman–Crippen LogP) is 6.70. The van der Waals surface area contributed by atoms with Gasteiger partial charge in [0.2, 0.25) is 17.7 Å². The minimum absolute atomic E-state index is 0.118. The molecule has 2 aliphatic rings. The van der Waals surface area contributed by atoms with Crippen molar-refractivity contribution in [1.82, 2.24) is 4.57 Å². The second kappa shape index (κ2) is 11.9. The topological polar surface area (TPSA) is 132 Å². The van der Waals surface area contributed by atoms with Gasteiger partial charge in [0.15, 0.2) is 0 Å². The Balaban J connectivity index is 1.26. The Morgan fingerprint density at radius 2 is 1.58 bits per heavy atom. The minimum atomic E-state index is -0.878. The molecule has 0 bridgehead atoms. The zero-order chi connectivity index (χ0) is 33.9. The zero-order valence-electron chi connectivity index (χ0n) is 26.2. The molecule has 1 saturated heterocycles. The normalized spacial score (nSPS) is 18.9. The van der Waals surface area contributed by atoms with Gasteiger partial charge < -0.3 is 5.32 Å². The summed E-state index contributed by atoms with van der Waals surface area (Å²) in [6, 6.07) is 26.6. The number of hydrogen-bond donors (Lipinski definition) is 1. The second-order valence-corrected chi connectivity index (χ2v) is 15.1. The van der Waals surface area contributed by atoms with Crippen molar-refractivity contribution in [2.75, 3.05) is 10.2 Å². The molecule has 0 saturated carbocycles. The Bertz CT molecular complexity index is 2180. The summed E-state index contributed by atoms with van der Waals surface area (Å²) in [5, 5.41) is 15.7. The van der Waals surface area contributed by atoms with Gasteiger partial charge in [-0.3, -0.25) is 33.9 Å². The summed E-state index contributed by atoms with van der Waals surface area (Å²) >= 11 is 2.11. The number of aromatic nitrogens is 1. The number of nitro groups is 1. The summed E-state index contributed by atoms with van der Waals surface area (Å²) in [5.74, 6) is -2.77. The molecule has 3 heterocycles. The average Bonchev–Trinajstić information content (AvgIpc) is 3.50. The first-order valence-corrected chi connectivity index (χ1v) is 17.0. The van der Waals surface area contributed by atoms with Gasteiger partial charge in [0.1, 0.15) is 11.8 Å². The van der Waals surface area contributed by atoms with Crippen LogP contribution in [0.1, 0.15) is 42.7 Å². The summed E-state index contributed by atoms with van der Waals surface area (Å²) in [4.78, 5) is 67.1. The first-order valence-electron chi connectivity index (χ1n) is 15.3. The van der Waals surface area contributed by atoms with Crippen molar-refractivity contribution in [3.63, 3.8) is 0 Å². The maximum absolute atomic E-state index is 14.2. The molecule has 1 aromatic heterocycles. The summed E-state index contributed by atoms with van der Waals surface area (Å²) in [7, 11) is 0. The Morgan fingerprint density at radius 1 is 0.896 bits per heavy atom. The quantitative estimate of drug-likeness (QED) is 0.120. The van der Waals surface area contributed by atoms with Gasteiger partial charge in [-0.1, -0.05) is 98.5 Å². The number of rotatable bonds is 6. The number of amides is 3. The van der Waals surface area contributed by atoms with Crippen LogP contribution in [0.3, 0.4) is 0 Å². The van der Waals surface area contributed by atoms with Crippen LogP contribution in [0.4, 0.5) is 17.1 Å². The van der Waals surface area contributed by atoms with Crippen molar-refractivity contribution < 1.29 is 19.3 Å². The Labute approximate surface area is 283 Å². The molecule has 3 atom stereocenters. The third-order valence-corrected chi connectivity index (χ3v) is 11.4. The zero-order valence-corrected chi connectivity index (χ0v) is 27.8. The number of nitrogens with one attached hydrogen (secondary N) is 1. The lowest BCUT2D eigenvalue weighted by Crippen LogP contribution is -2.33. The van der Waals surface area contributed by atoms with Gasteiger partial charge >= 0.3 is 4.87 Å². The third kappa shape index (κ3) is 5.50. The van der Waals surface area contributed by atoms with Crippen molar-refractivity contribution in [2.45, 2.75) is 48.9 Å². The number of thiazole rings is 1. The molecular formula is C36H30N4O6S2. The standard InChI is InChI=1S/C36H30N4O6S2/c1-36(2,3)23-11-8-21(9-12-23)28-29-30(33(43)39(32(29)42)25-14-16-26(17-15-25)40(45)46)47-34-31(28)48-35(44)38(34)19-27(41)37-24-13-10-20-6-4-5-7-22(20)18-24/h4-18,28-30H,19H2,1-3H3,(H,37,41)/t28-,29?,30?/m1/s1. The Morgan fingerprint density at radius 3 is 2.25 bits per heavy atom. The van der Waals surface area contributed by atoms with Gasteiger partial charge in [0, 0.05) is 28.6 Å². The lowest BCUT2D eigenvalue weighted by molar-refractivity contribution is -0.384. The lowest BCUT2D eigenvalue weighted by Gasteiger charge is -2.31. The smallest absolute Gasteiger partial charge is 0.308 e. The molecule has 0 spiro atoms. The summed E-state index contributed by atoms with van der Waals surface area (Å²) in [5.41, 5.74) is 2.42. The molecule has 242 valence electrons. The largest absolute Gasteiger partial charge is 0.325 e. The van der Waals surface area contributed by atoms with Crippen molar-refractivity contribution in [1.29, 1.82) is 0 Å². The van der Waals surface area contributed by atoms with Crippen LogP contribution in [0.15, 0.2) is 101 Å². The van der Waals surface area contributed by atoms with E-state index in [1.54, 1.807) is 6.07 Å². The van der Waals surface area contributed by atoms with Crippen molar-refractivity contribution >= 4 is 68.7 Å². The Kier molecular flexibility index (Phi) is 7.80. The molecule has 10 nitrogen and oxygen atoms in total. The number of carbonyl (C=O) groups excluding carboxylic acids is 3. The fraction of sp³-hybridized carbons (Fsp3) is 0.222. The number of non-ortho nitro benzene ring substituents is 1. The van der Waals surface area contributed by atoms with Crippen LogP contribution in [0.2, 0.25) is 0 Å². The van der Waals surface area contributed by atoms with Crippen LogP contribution in [-0.2, 0) is 26.3 Å². The average molecular weight is 679 g/mol. The highest BCUT2D eigenvalue weighted by atomic mass is 32.2. The van der Waals surface area contributed by atoms with E-state index < -0.39 is 39.7 Å². The van der Waals surface area contributed by atoms with Gasteiger partial charge in [-0.25, -0.2) is 4.90 Å². The van der Waals surface area contributed by atoms with Gasteiger partial charge in [0.05, 0.1) is 21.6 Å². The number of nitrogens with zero attached hydrogens (tertiary/aromatic N) is 3. The fourth-order valence-corrected chi connectivity index (χ4v) is 9.17. The third-order valence-electron chi connectivity index (χ3n) is 8.84. The van der Waals surface area contributed by atoms with Gasteiger partial charge in [-0.15, -0.1) is 0 Å². The maximum atomic E-state index is 14.2. The van der Waals surface area contributed by atoms with Gasteiger partial charge in [-0.2, -0.15) is 0 Å². The van der Waals surface area contributed by atoms with E-state index in [0.29, 0.717) is 15.6 Å². The molecule has 0 radical (unpaired) electrons. The first kappa shape index (κ1) is 31.5. The monoisotopic (exact) mass is 678 g/mol. The molecule has 4 aromatic carbocycles. The lowest BCUT2D eigenvalue weighted by atomic mass is 9.81. The highest BCUT2D eigenvalue weighted by Gasteiger charge is 2.57. The van der Waals surface area contributed by atoms with Crippen molar-refractivity contribution in [3.05, 3.63) is 127 Å². The molecular weight excluding hydrogens is 649 g/mol. The Hall–Kier alpha value is -5.07. The van der Waals surface area contributed by atoms with Crippen LogP contribution in [0, 0.1) is 16.0 Å². The van der Waals surface area contributed by atoms with Gasteiger partial charge in [-0.05, 0) is 51.6 Å². The van der Waals surface area contributed by atoms with Gasteiger partial charge in [0.25, 0.3) is 5.69 Å². The van der Waals surface area contributed by atoms with E-state index in [1.165, 1.54) is 28.8 Å². The van der Waals surface area contributed by atoms with Crippen LogP contribution >= 0.6 is 23.1 Å². The number of carbonyl (C=O) groups is 3. The molecule has 7 rings (SSSR count). The van der Waals surface area contributed by atoms with Crippen molar-refractivity contribution in [3.8, 4) is 0 Å². The highest BCUT2D eigenvalue weighted by molar-refractivity contribution is 8.00. The van der Waals surface area contributed by atoms with E-state index in [0.717, 1.165) is 49.9 Å². The van der Waals surface area contributed by atoms with E-state index in [-0.39, 0.29) is 28.2 Å². The number of benzene rings is 4. The summed E-state index contributed by atoms with van der Waals surface area (Å²) in [6.45, 7) is 6.03. The number of fused-ring (bicyclic) bond motifs is 3. The SMILES string of the molecule is CC(C)(C)c1ccc([C@H]2c3sc(=O)n(CC(=O)Nc4ccc5ccccc5c4)c3SC3C(=O)N(c4ccc([N+](=O)[O-])cc4)C(=O)C32)cc1. The van der Waals surface area contributed by atoms with Crippen molar-refractivity contribution in [2.24, 2.45) is 5.92 Å². The molecule has 12 heteroatoms. The molecule has 48 heavy (non-hydrogen) atoms. The van der Waals surface area contributed by atoms with E-state index >= 15 is 0 Å². The molecule has 2 unspecified atom stereocenters. The van der Waals surface area contributed by atoms with E-state index in [1.807, 2.05) is 60.7 Å². The van der Waals surface area contributed by atoms with Crippen LogP contribution in [0.25, 0.3) is 10.8 Å². The number of nitro benzene ring substituents is 1. The van der Waals surface area contributed by atoms with E-state index in [4.69, 9.17) is 0 Å². The molecule has 1 fully saturated rings. The number of anilines is 2. The number of hydrogen-bond acceptors (Lipinski definition) is 8. The maximum Gasteiger partial charge on any atom is 0.308 e. The predicted molar refractivity (Wildman–Crippen MR) is 187 cm³/mol. The van der Waals surface area contributed by atoms with Crippen LogP contribution in [-0.4, -0.2) is 32.5 Å². The molecule has 5 aromatic rings. The van der Waals surface area contributed by atoms with Crippen LogP contribution in [0.5, 0.6) is 0 Å².